The molecule has 0 bridgehead atoms. The number of amides is 1. The van der Waals surface area contributed by atoms with Gasteiger partial charge < -0.3 is 9.64 Å². The number of Topliss-reactive ketones (excluding diaryl/α,β-unsaturated/α-hetero) is 1. The Kier molecular flexibility index (Phi) is 3.45. The zero-order chi connectivity index (χ0) is 12.4. The number of esters is 1. The third-order valence-corrected chi connectivity index (χ3v) is 3.63. The van der Waals surface area contributed by atoms with E-state index in [2.05, 4.69) is 4.74 Å². The Hall–Kier alpha value is -1.39. The fraction of sp³-hybridized carbons (Fsp3) is 0.750. The number of ether oxygens (including phenoxy) is 1. The Balaban J connectivity index is 2.17. The highest BCUT2D eigenvalue weighted by atomic mass is 16.5. The molecule has 0 N–H and O–H groups in total. The Morgan fingerprint density at radius 3 is 2.47 bits per heavy atom. The first-order chi connectivity index (χ1) is 8.15. The minimum absolute atomic E-state index is 0.0258. The highest BCUT2D eigenvalue weighted by Crippen LogP contribution is 2.29. The summed E-state index contributed by atoms with van der Waals surface area (Å²) in [5.41, 5.74) is 0. The summed E-state index contributed by atoms with van der Waals surface area (Å²) in [7, 11) is 1.29. The molecule has 0 unspecified atom stereocenters. The zero-order valence-corrected chi connectivity index (χ0v) is 9.98. The first kappa shape index (κ1) is 12.1. The molecule has 2 fully saturated rings. The number of hydrogen-bond donors (Lipinski definition) is 0. The lowest BCUT2D eigenvalue weighted by molar-refractivity contribution is -0.151. The van der Waals surface area contributed by atoms with Gasteiger partial charge >= 0.3 is 5.97 Å². The van der Waals surface area contributed by atoms with Crippen molar-refractivity contribution in [2.24, 2.45) is 0 Å². The van der Waals surface area contributed by atoms with Gasteiger partial charge in [0.05, 0.1) is 7.11 Å². The second-order valence-corrected chi connectivity index (χ2v) is 4.67. The summed E-state index contributed by atoms with van der Waals surface area (Å²) in [6.07, 6.45) is 5.00. The number of hydrogen-bond acceptors (Lipinski definition) is 4. The quantitative estimate of drug-likeness (QED) is 0.524. The van der Waals surface area contributed by atoms with Crippen molar-refractivity contribution in [3.8, 4) is 0 Å². The summed E-state index contributed by atoms with van der Waals surface area (Å²) in [6, 6.07) is -0.658. The van der Waals surface area contributed by atoms with Gasteiger partial charge in [0, 0.05) is 12.5 Å². The van der Waals surface area contributed by atoms with Gasteiger partial charge in [-0.25, -0.2) is 4.79 Å². The van der Waals surface area contributed by atoms with E-state index in [1.54, 1.807) is 0 Å². The molecule has 5 heteroatoms. The minimum atomic E-state index is -0.692. The van der Waals surface area contributed by atoms with E-state index in [0.717, 1.165) is 32.1 Å². The van der Waals surface area contributed by atoms with Crippen molar-refractivity contribution in [3.63, 3.8) is 0 Å². The molecule has 1 heterocycles. The smallest absolute Gasteiger partial charge is 0.329 e. The molecule has 0 radical (unpaired) electrons. The molecular formula is C12H17NO4. The van der Waals surface area contributed by atoms with E-state index in [4.69, 9.17) is 0 Å². The maximum atomic E-state index is 11.8. The largest absolute Gasteiger partial charge is 0.467 e. The summed E-state index contributed by atoms with van der Waals surface area (Å²) in [5, 5.41) is 0. The average molecular weight is 239 g/mol. The van der Waals surface area contributed by atoms with Gasteiger partial charge in [-0.1, -0.05) is 19.3 Å². The normalized spacial score (nSPS) is 26.4. The van der Waals surface area contributed by atoms with Gasteiger partial charge in [-0.05, 0) is 12.8 Å². The van der Waals surface area contributed by atoms with Crippen LogP contribution in [-0.2, 0) is 19.1 Å². The number of carbonyl (C=O) groups excluding carboxylic acids is 3. The van der Waals surface area contributed by atoms with Crippen LogP contribution in [0.25, 0.3) is 0 Å². The molecule has 1 amide bonds. The molecule has 17 heavy (non-hydrogen) atoms. The van der Waals surface area contributed by atoms with Gasteiger partial charge in [-0.15, -0.1) is 0 Å². The Morgan fingerprint density at radius 2 is 1.88 bits per heavy atom. The molecule has 0 aromatic carbocycles. The van der Waals surface area contributed by atoms with E-state index in [0.29, 0.717) is 0 Å². The summed E-state index contributed by atoms with van der Waals surface area (Å²) >= 11 is 0. The second kappa shape index (κ2) is 4.85. The van der Waals surface area contributed by atoms with E-state index < -0.39 is 23.7 Å². The molecule has 5 nitrogen and oxygen atoms in total. The maximum Gasteiger partial charge on any atom is 0.329 e. The van der Waals surface area contributed by atoms with Crippen molar-refractivity contribution in [2.75, 3.05) is 7.11 Å². The number of methoxy groups -OCH3 is 1. The molecule has 2 rings (SSSR count). The van der Waals surface area contributed by atoms with E-state index in [9.17, 15) is 14.4 Å². The van der Waals surface area contributed by atoms with Crippen LogP contribution >= 0.6 is 0 Å². The number of ketones is 1. The van der Waals surface area contributed by atoms with Gasteiger partial charge in [0.25, 0.3) is 5.91 Å². The molecule has 0 aromatic heterocycles. The standard InChI is InChI=1S/C12H17NO4/c1-17-12(16)9-7-10(14)11(15)13(9)8-5-3-2-4-6-8/h8-9H,2-7H2,1H3/t9-/m0/s1. The van der Waals surface area contributed by atoms with Crippen molar-refractivity contribution >= 4 is 17.7 Å². The lowest BCUT2D eigenvalue weighted by atomic mass is 9.93. The summed E-state index contributed by atoms with van der Waals surface area (Å²) in [4.78, 5) is 36.3. The molecule has 1 aliphatic carbocycles. The van der Waals surface area contributed by atoms with Crippen LogP contribution < -0.4 is 0 Å². The van der Waals surface area contributed by atoms with E-state index in [1.807, 2.05) is 0 Å². The lowest BCUT2D eigenvalue weighted by Gasteiger charge is -2.33. The van der Waals surface area contributed by atoms with Crippen LogP contribution in [0.2, 0.25) is 0 Å². The van der Waals surface area contributed by atoms with Crippen molar-refractivity contribution in [1.82, 2.24) is 4.90 Å². The molecule has 1 saturated carbocycles. The predicted octanol–water partition coefficient (Wildman–Crippen LogP) is 0.662. The SMILES string of the molecule is COC(=O)[C@@H]1CC(=O)C(=O)N1C1CCCCC1. The van der Waals surface area contributed by atoms with Gasteiger partial charge in [-0.2, -0.15) is 0 Å². The molecule has 94 valence electrons. The Morgan fingerprint density at radius 1 is 1.24 bits per heavy atom. The van der Waals surface area contributed by atoms with Crippen LogP contribution in [-0.4, -0.2) is 41.8 Å². The number of nitrogens with zero attached hydrogens (tertiary/aromatic N) is 1. The zero-order valence-electron chi connectivity index (χ0n) is 9.98. The molecule has 0 aromatic rings. The van der Waals surface area contributed by atoms with Crippen LogP contribution in [0.4, 0.5) is 0 Å². The third kappa shape index (κ3) is 2.18. The van der Waals surface area contributed by atoms with E-state index in [1.165, 1.54) is 12.0 Å². The fourth-order valence-corrected chi connectivity index (χ4v) is 2.76. The predicted molar refractivity (Wildman–Crippen MR) is 59.1 cm³/mol. The van der Waals surface area contributed by atoms with Gasteiger partial charge in [-0.3, -0.25) is 9.59 Å². The van der Waals surface area contributed by atoms with Crippen molar-refractivity contribution in [1.29, 1.82) is 0 Å². The topological polar surface area (TPSA) is 63.7 Å². The number of rotatable bonds is 2. The highest BCUT2D eigenvalue weighted by molar-refractivity contribution is 6.39. The van der Waals surface area contributed by atoms with Gasteiger partial charge in [0.1, 0.15) is 6.04 Å². The lowest BCUT2D eigenvalue weighted by Crippen LogP contribution is -2.47. The summed E-state index contributed by atoms with van der Waals surface area (Å²) < 4.78 is 4.67. The fourth-order valence-electron chi connectivity index (χ4n) is 2.76. The minimum Gasteiger partial charge on any atom is -0.467 e. The number of carbonyl (C=O) groups is 3. The van der Waals surface area contributed by atoms with Crippen LogP contribution in [0.15, 0.2) is 0 Å². The maximum absolute atomic E-state index is 11.8. The van der Waals surface area contributed by atoms with E-state index >= 15 is 0 Å². The van der Waals surface area contributed by atoms with Crippen LogP contribution in [0.1, 0.15) is 38.5 Å². The molecule has 1 aliphatic heterocycles. The van der Waals surface area contributed by atoms with Crippen molar-refractivity contribution in [2.45, 2.75) is 50.6 Å². The molecule has 1 atom stereocenters. The molecule has 1 saturated heterocycles. The summed E-state index contributed by atoms with van der Waals surface area (Å²) in [5.74, 6) is -1.45. The second-order valence-electron chi connectivity index (χ2n) is 4.67. The number of likely N-dealkylation sites (tertiary alicyclic amines) is 1. The van der Waals surface area contributed by atoms with Crippen LogP contribution in [0, 0.1) is 0 Å². The molecule has 2 aliphatic rings. The first-order valence-electron chi connectivity index (χ1n) is 6.08. The molecule has 0 spiro atoms. The highest BCUT2D eigenvalue weighted by Gasteiger charge is 2.46. The van der Waals surface area contributed by atoms with Crippen LogP contribution in [0.3, 0.4) is 0 Å². The third-order valence-electron chi connectivity index (χ3n) is 3.63. The van der Waals surface area contributed by atoms with Gasteiger partial charge in [0.2, 0.25) is 5.78 Å². The van der Waals surface area contributed by atoms with Gasteiger partial charge in [0.15, 0.2) is 0 Å². The average Bonchev–Trinajstić information content (AvgIpc) is 2.66. The van der Waals surface area contributed by atoms with Crippen molar-refractivity contribution in [3.05, 3.63) is 0 Å². The van der Waals surface area contributed by atoms with E-state index in [-0.39, 0.29) is 12.5 Å². The molecular weight excluding hydrogens is 222 g/mol. The van der Waals surface area contributed by atoms with Crippen LogP contribution in [0.5, 0.6) is 0 Å². The summed E-state index contributed by atoms with van der Waals surface area (Å²) in [6.45, 7) is 0. The Labute approximate surface area is 100 Å². The first-order valence-corrected chi connectivity index (χ1v) is 6.08. The van der Waals surface area contributed by atoms with Crippen molar-refractivity contribution < 1.29 is 19.1 Å². The monoisotopic (exact) mass is 239 g/mol. The Bertz CT molecular complexity index is 346.